The van der Waals surface area contributed by atoms with Crippen LogP contribution in [0.5, 0.6) is 0 Å². The zero-order valence-corrected chi connectivity index (χ0v) is 12.1. The van der Waals surface area contributed by atoms with Gasteiger partial charge in [-0.1, -0.05) is 28.1 Å². The van der Waals surface area contributed by atoms with Crippen LogP contribution in [0.1, 0.15) is 16.0 Å². The molecule has 0 amide bonds. The van der Waals surface area contributed by atoms with Crippen molar-refractivity contribution in [3.63, 3.8) is 0 Å². The molecule has 0 bridgehead atoms. The molecule has 0 saturated carbocycles. The minimum absolute atomic E-state index is 0.358. The van der Waals surface area contributed by atoms with E-state index in [1.165, 1.54) is 12.1 Å². The van der Waals surface area contributed by atoms with Crippen LogP contribution in [0.4, 0.5) is 13.2 Å². The van der Waals surface area contributed by atoms with E-state index in [1.807, 2.05) is 0 Å². The Morgan fingerprint density at radius 2 is 1.33 bits per heavy atom. The van der Waals surface area contributed by atoms with Crippen molar-refractivity contribution in [3.8, 4) is 0 Å². The van der Waals surface area contributed by atoms with E-state index in [9.17, 15) is 13.2 Å². The summed E-state index contributed by atoms with van der Waals surface area (Å²) in [5.41, 5.74) is 1.15. The number of alkyl halides is 1. The van der Waals surface area contributed by atoms with Gasteiger partial charge in [0.15, 0.2) is 11.6 Å². The lowest BCUT2D eigenvalue weighted by atomic mass is 10.0. The zero-order valence-electron chi connectivity index (χ0n) is 8.93. The molecule has 2 rings (SSSR count). The molecule has 0 aliphatic heterocycles. The van der Waals surface area contributed by atoms with Crippen molar-refractivity contribution in [2.24, 2.45) is 0 Å². The molecule has 1 atom stereocenters. The Kier molecular flexibility index (Phi) is 4.12. The first-order valence-electron chi connectivity index (χ1n) is 5.03. The summed E-state index contributed by atoms with van der Waals surface area (Å²) < 4.78 is 39.7. The third-order valence-corrected chi connectivity index (χ3v) is 4.17. The molecule has 0 aromatic heterocycles. The van der Waals surface area contributed by atoms with E-state index in [0.29, 0.717) is 15.6 Å². The van der Waals surface area contributed by atoms with Gasteiger partial charge in [-0.15, -0.1) is 0 Å². The van der Waals surface area contributed by atoms with Crippen LogP contribution in [-0.2, 0) is 0 Å². The molecular weight excluding hydrogens is 373 g/mol. The molecule has 0 aliphatic rings. The first-order chi connectivity index (χ1) is 8.49. The lowest BCUT2D eigenvalue weighted by molar-refractivity contribution is 0.507. The summed E-state index contributed by atoms with van der Waals surface area (Å²) in [5.74, 6) is -2.23. The Bertz CT molecular complexity index is 533. The van der Waals surface area contributed by atoms with Crippen LogP contribution in [-0.4, -0.2) is 0 Å². The summed E-state index contributed by atoms with van der Waals surface area (Å²) in [5, 5.41) is 0. The van der Waals surface area contributed by atoms with Gasteiger partial charge in [0.1, 0.15) is 5.82 Å². The summed E-state index contributed by atoms with van der Waals surface area (Å²) in [7, 11) is 0. The largest absolute Gasteiger partial charge is 0.206 e. The van der Waals surface area contributed by atoms with Crippen molar-refractivity contribution >= 4 is 31.9 Å². The van der Waals surface area contributed by atoms with E-state index in [1.54, 1.807) is 12.1 Å². The fourth-order valence-electron chi connectivity index (χ4n) is 1.53. The molecule has 0 saturated heterocycles. The molecule has 2 aromatic carbocycles. The monoisotopic (exact) mass is 378 g/mol. The van der Waals surface area contributed by atoms with Crippen molar-refractivity contribution in [1.29, 1.82) is 0 Å². The highest BCUT2D eigenvalue weighted by molar-refractivity contribution is 9.10. The number of halogens is 5. The maximum Gasteiger partial charge on any atom is 0.159 e. The van der Waals surface area contributed by atoms with Gasteiger partial charge in [-0.3, -0.25) is 0 Å². The number of hydrogen-bond donors (Lipinski definition) is 0. The molecule has 0 nitrogen and oxygen atoms in total. The lowest BCUT2D eigenvalue weighted by Gasteiger charge is -2.11. The van der Waals surface area contributed by atoms with Crippen LogP contribution in [0.25, 0.3) is 0 Å². The predicted molar refractivity (Wildman–Crippen MR) is 71.2 cm³/mol. The van der Waals surface area contributed by atoms with Crippen molar-refractivity contribution in [2.75, 3.05) is 0 Å². The van der Waals surface area contributed by atoms with Crippen LogP contribution >= 0.6 is 31.9 Å². The number of hydrogen-bond acceptors (Lipinski definition) is 0. The minimum atomic E-state index is -0.922. The van der Waals surface area contributed by atoms with Crippen molar-refractivity contribution < 1.29 is 13.2 Å². The molecular formula is C13H7Br2F3. The van der Waals surface area contributed by atoms with E-state index in [-0.39, 0.29) is 0 Å². The molecule has 0 fully saturated rings. The third kappa shape index (κ3) is 2.78. The van der Waals surface area contributed by atoms with E-state index in [0.717, 1.165) is 12.1 Å². The second-order valence-electron chi connectivity index (χ2n) is 3.71. The molecule has 0 spiro atoms. The standard InChI is InChI=1S/C13H7Br2F3/c14-9-3-1-7(5-11(9)17)13(15)8-2-4-10(16)12(18)6-8/h1-6,13H. The Labute approximate surface area is 119 Å². The molecule has 0 aliphatic carbocycles. The SMILES string of the molecule is Fc1ccc(C(Br)c2ccc(Br)c(F)c2)cc1F. The minimum Gasteiger partial charge on any atom is -0.206 e. The average Bonchev–Trinajstić information content (AvgIpc) is 2.35. The molecule has 18 heavy (non-hydrogen) atoms. The second kappa shape index (κ2) is 5.45. The first kappa shape index (κ1) is 13.6. The lowest BCUT2D eigenvalue weighted by Crippen LogP contribution is -1.96. The van der Waals surface area contributed by atoms with E-state index in [4.69, 9.17) is 0 Å². The van der Waals surface area contributed by atoms with Gasteiger partial charge in [0.25, 0.3) is 0 Å². The van der Waals surface area contributed by atoms with E-state index < -0.39 is 22.3 Å². The van der Waals surface area contributed by atoms with Gasteiger partial charge >= 0.3 is 0 Å². The quantitative estimate of drug-likeness (QED) is 0.617. The summed E-state index contributed by atoms with van der Waals surface area (Å²) in [6, 6.07) is 8.21. The van der Waals surface area contributed by atoms with Gasteiger partial charge in [-0.25, -0.2) is 13.2 Å². The summed E-state index contributed by atoms with van der Waals surface area (Å²) >= 11 is 6.40. The summed E-state index contributed by atoms with van der Waals surface area (Å²) in [4.78, 5) is -0.393. The van der Waals surface area contributed by atoms with Gasteiger partial charge in [-0.05, 0) is 51.3 Å². The van der Waals surface area contributed by atoms with Crippen LogP contribution in [0.2, 0.25) is 0 Å². The molecule has 0 N–H and O–H groups in total. The van der Waals surface area contributed by atoms with Crippen LogP contribution in [0.15, 0.2) is 40.9 Å². The van der Waals surface area contributed by atoms with Crippen LogP contribution in [0, 0.1) is 17.5 Å². The van der Waals surface area contributed by atoms with Crippen LogP contribution < -0.4 is 0 Å². The normalized spacial score (nSPS) is 12.5. The van der Waals surface area contributed by atoms with Gasteiger partial charge in [0.05, 0.1) is 9.30 Å². The maximum atomic E-state index is 13.4. The molecule has 0 radical (unpaired) electrons. The smallest absolute Gasteiger partial charge is 0.159 e. The Morgan fingerprint density at radius 1 is 0.778 bits per heavy atom. The molecule has 5 heteroatoms. The highest BCUT2D eigenvalue weighted by Gasteiger charge is 2.14. The highest BCUT2D eigenvalue weighted by Crippen LogP contribution is 2.33. The van der Waals surface area contributed by atoms with Crippen LogP contribution in [0.3, 0.4) is 0 Å². The summed E-state index contributed by atoms with van der Waals surface area (Å²) in [6.07, 6.45) is 0. The molecule has 1 unspecified atom stereocenters. The second-order valence-corrected chi connectivity index (χ2v) is 5.48. The van der Waals surface area contributed by atoms with Crippen molar-refractivity contribution in [1.82, 2.24) is 0 Å². The fraction of sp³-hybridized carbons (Fsp3) is 0.0769. The third-order valence-electron chi connectivity index (χ3n) is 2.47. The summed E-state index contributed by atoms with van der Waals surface area (Å²) in [6.45, 7) is 0. The molecule has 2 aromatic rings. The molecule has 94 valence electrons. The number of rotatable bonds is 2. The number of benzene rings is 2. The average molecular weight is 380 g/mol. The van der Waals surface area contributed by atoms with Crippen molar-refractivity contribution in [2.45, 2.75) is 4.83 Å². The molecule has 0 heterocycles. The zero-order chi connectivity index (χ0) is 13.3. The fourth-order valence-corrected chi connectivity index (χ4v) is 2.35. The first-order valence-corrected chi connectivity index (χ1v) is 6.74. The predicted octanol–water partition coefficient (Wildman–Crippen LogP) is 5.35. The van der Waals surface area contributed by atoms with Gasteiger partial charge in [0.2, 0.25) is 0 Å². The van der Waals surface area contributed by atoms with Gasteiger partial charge < -0.3 is 0 Å². The van der Waals surface area contributed by atoms with E-state index >= 15 is 0 Å². The topological polar surface area (TPSA) is 0 Å². The van der Waals surface area contributed by atoms with Crippen molar-refractivity contribution in [3.05, 3.63) is 69.4 Å². The van der Waals surface area contributed by atoms with Gasteiger partial charge in [-0.2, -0.15) is 0 Å². The Balaban J connectivity index is 2.37. The highest BCUT2D eigenvalue weighted by atomic mass is 79.9. The van der Waals surface area contributed by atoms with Gasteiger partial charge in [0, 0.05) is 0 Å². The maximum absolute atomic E-state index is 13.4. The van der Waals surface area contributed by atoms with E-state index in [2.05, 4.69) is 31.9 Å². The Morgan fingerprint density at radius 3 is 1.89 bits per heavy atom. The Hall–Kier alpha value is -0.810.